The molecule has 2 nitrogen and oxygen atoms in total. The lowest BCUT2D eigenvalue weighted by Gasteiger charge is -2.38. The molecule has 3 unspecified atom stereocenters. The average molecular weight is 185 g/mol. The second-order valence-corrected chi connectivity index (χ2v) is 4.91. The summed E-state index contributed by atoms with van der Waals surface area (Å²) in [6, 6.07) is 0.296. The fourth-order valence-corrected chi connectivity index (χ4v) is 2.18. The van der Waals surface area contributed by atoms with E-state index in [-0.39, 0.29) is 0 Å². The van der Waals surface area contributed by atoms with Crippen molar-refractivity contribution >= 4 is 0 Å². The third kappa shape index (κ3) is 2.23. The summed E-state index contributed by atoms with van der Waals surface area (Å²) in [6.07, 6.45) is 2.32. The predicted octanol–water partition coefficient (Wildman–Crippen LogP) is 1.78. The number of hydrogen-bond acceptors (Lipinski definition) is 2. The largest absolute Gasteiger partial charge is 0.388 e. The quantitative estimate of drug-likeness (QED) is 0.702. The van der Waals surface area contributed by atoms with Crippen LogP contribution in [0.4, 0.5) is 0 Å². The Kier molecular flexibility index (Phi) is 3.36. The van der Waals surface area contributed by atoms with Gasteiger partial charge in [-0.25, -0.2) is 0 Å². The average Bonchev–Trinajstić information content (AvgIpc) is 2.54. The van der Waals surface area contributed by atoms with Gasteiger partial charge in [0.15, 0.2) is 0 Å². The minimum atomic E-state index is -0.551. The third-order valence-electron chi connectivity index (χ3n) is 3.69. The standard InChI is InChI=1S/C11H23NO/c1-8(2)9(3)11(4,13)10-6-5-7-12-10/h8-10,12-13H,5-7H2,1-4H3. The molecule has 0 radical (unpaired) electrons. The molecule has 0 spiro atoms. The molecule has 1 saturated heterocycles. The van der Waals surface area contributed by atoms with Gasteiger partial charge in [-0.1, -0.05) is 20.8 Å². The molecule has 13 heavy (non-hydrogen) atoms. The van der Waals surface area contributed by atoms with Gasteiger partial charge < -0.3 is 10.4 Å². The lowest BCUT2D eigenvalue weighted by Crippen LogP contribution is -2.51. The molecule has 2 N–H and O–H groups in total. The molecule has 78 valence electrons. The number of nitrogens with one attached hydrogen (secondary N) is 1. The summed E-state index contributed by atoms with van der Waals surface area (Å²) < 4.78 is 0. The van der Waals surface area contributed by atoms with Gasteiger partial charge in [-0.05, 0) is 38.1 Å². The molecule has 0 aromatic carbocycles. The maximum atomic E-state index is 10.4. The molecule has 0 aromatic rings. The zero-order chi connectivity index (χ0) is 10.1. The van der Waals surface area contributed by atoms with Crippen LogP contribution < -0.4 is 5.32 Å². The summed E-state index contributed by atoms with van der Waals surface area (Å²) in [7, 11) is 0. The summed E-state index contributed by atoms with van der Waals surface area (Å²) >= 11 is 0. The van der Waals surface area contributed by atoms with Crippen LogP contribution in [0.3, 0.4) is 0 Å². The molecule has 1 aliphatic rings. The Morgan fingerprint density at radius 1 is 1.38 bits per heavy atom. The van der Waals surface area contributed by atoms with Gasteiger partial charge in [0, 0.05) is 6.04 Å². The highest BCUT2D eigenvalue weighted by Crippen LogP contribution is 2.30. The van der Waals surface area contributed by atoms with Crippen LogP contribution in [-0.4, -0.2) is 23.3 Å². The van der Waals surface area contributed by atoms with Gasteiger partial charge in [0.1, 0.15) is 0 Å². The van der Waals surface area contributed by atoms with Crippen molar-refractivity contribution in [2.75, 3.05) is 6.54 Å². The molecule has 0 amide bonds. The van der Waals surface area contributed by atoms with Gasteiger partial charge in [-0.3, -0.25) is 0 Å². The molecule has 0 aromatic heterocycles. The van der Waals surface area contributed by atoms with Crippen LogP contribution >= 0.6 is 0 Å². The van der Waals surface area contributed by atoms with E-state index in [1.165, 1.54) is 6.42 Å². The van der Waals surface area contributed by atoms with E-state index in [1.807, 2.05) is 6.92 Å². The minimum absolute atomic E-state index is 0.296. The van der Waals surface area contributed by atoms with Crippen molar-refractivity contribution in [3.05, 3.63) is 0 Å². The van der Waals surface area contributed by atoms with Crippen LogP contribution in [0, 0.1) is 11.8 Å². The molecule has 1 aliphatic heterocycles. The van der Waals surface area contributed by atoms with Crippen molar-refractivity contribution in [2.24, 2.45) is 11.8 Å². The van der Waals surface area contributed by atoms with Gasteiger partial charge in [0.05, 0.1) is 5.60 Å². The predicted molar refractivity (Wildman–Crippen MR) is 55.7 cm³/mol. The van der Waals surface area contributed by atoms with Gasteiger partial charge in [-0.15, -0.1) is 0 Å². The van der Waals surface area contributed by atoms with E-state index in [1.54, 1.807) is 0 Å². The van der Waals surface area contributed by atoms with Crippen molar-refractivity contribution in [1.82, 2.24) is 5.32 Å². The fraction of sp³-hybridized carbons (Fsp3) is 1.00. The Morgan fingerprint density at radius 3 is 2.38 bits per heavy atom. The van der Waals surface area contributed by atoms with Crippen LogP contribution in [-0.2, 0) is 0 Å². The number of rotatable bonds is 3. The first kappa shape index (κ1) is 11.0. The Balaban J connectivity index is 2.62. The highest BCUT2D eigenvalue weighted by Gasteiger charge is 2.39. The van der Waals surface area contributed by atoms with Crippen molar-refractivity contribution in [3.8, 4) is 0 Å². The number of aliphatic hydroxyl groups is 1. The second kappa shape index (κ2) is 3.97. The van der Waals surface area contributed by atoms with E-state index in [2.05, 4.69) is 26.1 Å². The monoisotopic (exact) mass is 185 g/mol. The smallest absolute Gasteiger partial charge is 0.0799 e. The van der Waals surface area contributed by atoms with Crippen molar-refractivity contribution in [3.63, 3.8) is 0 Å². The normalized spacial score (nSPS) is 30.5. The Bertz CT molecular complexity index is 155. The van der Waals surface area contributed by atoms with Crippen molar-refractivity contribution in [1.29, 1.82) is 0 Å². The summed E-state index contributed by atoms with van der Waals surface area (Å²) in [5.74, 6) is 0.889. The van der Waals surface area contributed by atoms with Crippen LogP contribution in [0.2, 0.25) is 0 Å². The first-order chi connectivity index (χ1) is 5.96. The number of hydrogen-bond donors (Lipinski definition) is 2. The maximum Gasteiger partial charge on any atom is 0.0799 e. The molecule has 0 bridgehead atoms. The molecular weight excluding hydrogens is 162 g/mol. The summed E-state index contributed by atoms with van der Waals surface area (Å²) in [4.78, 5) is 0. The van der Waals surface area contributed by atoms with E-state index >= 15 is 0 Å². The summed E-state index contributed by atoms with van der Waals surface area (Å²) in [6.45, 7) is 9.53. The molecule has 0 saturated carbocycles. The molecule has 1 fully saturated rings. The topological polar surface area (TPSA) is 32.3 Å². The first-order valence-corrected chi connectivity index (χ1v) is 5.42. The van der Waals surface area contributed by atoms with E-state index in [4.69, 9.17) is 0 Å². The summed E-state index contributed by atoms with van der Waals surface area (Å²) in [5, 5.41) is 13.8. The summed E-state index contributed by atoms with van der Waals surface area (Å²) in [5.41, 5.74) is -0.551. The Morgan fingerprint density at radius 2 is 2.00 bits per heavy atom. The molecule has 2 heteroatoms. The lowest BCUT2D eigenvalue weighted by molar-refractivity contribution is -0.0396. The Labute approximate surface area is 81.7 Å². The fourth-order valence-electron chi connectivity index (χ4n) is 2.18. The molecule has 0 aliphatic carbocycles. The van der Waals surface area contributed by atoms with Gasteiger partial charge >= 0.3 is 0 Å². The second-order valence-electron chi connectivity index (χ2n) is 4.91. The van der Waals surface area contributed by atoms with Gasteiger partial charge in [0.2, 0.25) is 0 Å². The van der Waals surface area contributed by atoms with E-state index in [0.717, 1.165) is 13.0 Å². The van der Waals surface area contributed by atoms with E-state index in [0.29, 0.717) is 17.9 Å². The van der Waals surface area contributed by atoms with Crippen LogP contribution in [0.1, 0.15) is 40.5 Å². The SMILES string of the molecule is CC(C)C(C)C(C)(O)C1CCCN1. The Hall–Kier alpha value is -0.0800. The van der Waals surface area contributed by atoms with E-state index in [9.17, 15) is 5.11 Å². The molecule has 1 rings (SSSR count). The zero-order valence-electron chi connectivity index (χ0n) is 9.30. The third-order valence-corrected chi connectivity index (χ3v) is 3.69. The molecular formula is C11H23NO. The maximum absolute atomic E-state index is 10.4. The highest BCUT2D eigenvalue weighted by molar-refractivity contribution is 4.95. The zero-order valence-corrected chi connectivity index (χ0v) is 9.30. The first-order valence-electron chi connectivity index (χ1n) is 5.42. The minimum Gasteiger partial charge on any atom is -0.388 e. The van der Waals surface area contributed by atoms with E-state index < -0.39 is 5.60 Å². The molecule has 3 atom stereocenters. The van der Waals surface area contributed by atoms with Crippen LogP contribution in [0.15, 0.2) is 0 Å². The van der Waals surface area contributed by atoms with Gasteiger partial charge in [-0.2, -0.15) is 0 Å². The van der Waals surface area contributed by atoms with Crippen molar-refractivity contribution < 1.29 is 5.11 Å². The van der Waals surface area contributed by atoms with Gasteiger partial charge in [0.25, 0.3) is 0 Å². The lowest BCUT2D eigenvalue weighted by atomic mass is 9.77. The van der Waals surface area contributed by atoms with Crippen molar-refractivity contribution in [2.45, 2.75) is 52.2 Å². The molecule has 1 heterocycles. The van der Waals surface area contributed by atoms with Crippen LogP contribution in [0.25, 0.3) is 0 Å². The van der Waals surface area contributed by atoms with Crippen LogP contribution in [0.5, 0.6) is 0 Å². The highest BCUT2D eigenvalue weighted by atomic mass is 16.3.